The molecule has 0 aromatic carbocycles. The fraction of sp³-hybridized carbons (Fsp3) is 1.00. The van der Waals surface area contributed by atoms with Crippen LogP contribution in [0, 0.1) is 5.92 Å². The second-order valence-corrected chi connectivity index (χ2v) is 7.22. The molecule has 0 radical (unpaired) electrons. The molecular weight excluding hydrogens is 254 g/mol. The Hall–Kier alpha value is -0.0400. The summed E-state index contributed by atoms with van der Waals surface area (Å²) < 4.78 is 0. The van der Waals surface area contributed by atoms with E-state index in [0.29, 0.717) is 0 Å². The van der Waals surface area contributed by atoms with Crippen LogP contribution in [0.15, 0.2) is 0 Å². The van der Waals surface area contributed by atoms with Crippen LogP contribution in [0.1, 0.15) is 110 Å². The van der Waals surface area contributed by atoms with Crippen molar-refractivity contribution in [2.75, 3.05) is 13.1 Å². The second kappa shape index (κ2) is 14.9. The summed E-state index contributed by atoms with van der Waals surface area (Å²) in [4.78, 5) is 0. The second-order valence-electron chi connectivity index (χ2n) is 7.22. The van der Waals surface area contributed by atoms with Crippen molar-refractivity contribution >= 4 is 0 Å². The van der Waals surface area contributed by atoms with Crippen LogP contribution in [0.25, 0.3) is 0 Å². The average Bonchev–Trinajstić information content (AvgIpc) is 2.53. The SMILES string of the molecule is CCCCCCCCCCCCNCCC1CCCCC1. The highest BCUT2D eigenvalue weighted by molar-refractivity contribution is 4.66. The van der Waals surface area contributed by atoms with Crippen LogP contribution in [0.4, 0.5) is 0 Å². The highest BCUT2D eigenvalue weighted by Gasteiger charge is 2.12. The van der Waals surface area contributed by atoms with E-state index >= 15 is 0 Å². The Kier molecular flexibility index (Phi) is 13.5. The van der Waals surface area contributed by atoms with Gasteiger partial charge in [0.05, 0.1) is 0 Å². The maximum absolute atomic E-state index is 3.66. The van der Waals surface area contributed by atoms with Crippen LogP contribution in [-0.2, 0) is 0 Å². The monoisotopic (exact) mass is 295 g/mol. The molecule has 0 saturated heterocycles. The average molecular weight is 296 g/mol. The van der Waals surface area contributed by atoms with Crippen molar-refractivity contribution in [3.63, 3.8) is 0 Å². The number of unbranched alkanes of at least 4 members (excludes halogenated alkanes) is 9. The molecule has 1 aliphatic carbocycles. The van der Waals surface area contributed by atoms with Gasteiger partial charge in [0.15, 0.2) is 0 Å². The Balaban J connectivity index is 1.69. The Labute approximate surface area is 134 Å². The third-order valence-electron chi connectivity index (χ3n) is 5.16. The molecule has 1 aliphatic rings. The van der Waals surface area contributed by atoms with Gasteiger partial charge in [-0.05, 0) is 31.8 Å². The molecule has 1 nitrogen and oxygen atoms in total. The standard InChI is InChI=1S/C20H41N/c1-2-3-4-5-6-7-8-9-10-14-18-21-19-17-20-15-12-11-13-16-20/h20-21H,2-19H2,1H3. The summed E-state index contributed by atoms with van der Waals surface area (Å²) >= 11 is 0. The Morgan fingerprint density at radius 3 is 1.86 bits per heavy atom. The maximum atomic E-state index is 3.66. The van der Waals surface area contributed by atoms with Gasteiger partial charge >= 0.3 is 0 Å². The lowest BCUT2D eigenvalue weighted by Gasteiger charge is -2.21. The van der Waals surface area contributed by atoms with Gasteiger partial charge in [0, 0.05) is 0 Å². The highest BCUT2D eigenvalue weighted by atomic mass is 14.8. The van der Waals surface area contributed by atoms with Crippen molar-refractivity contribution < 1.29 is 0 Å². The molecule has 1 N–H and O–H groups in total. The minimum Gasteiger partial charge on any atom is -0.317 e. The summed E-state index contributed by atoms with van der Waals surface area (Å²) in [5.74, 6) is 1.04. The lowest BCUT2D eigenvalue weighted by molar-refractivity contribution is 0.333. The molecule has 21 heavy (non-hydrogen) atoms. The van der Waals surface area contributed by atoms with E-state index in [0.717, 1.165) is 5.92 Å². The lowest BCUT2D eigenvalue weighted by atomic mass is 9.87. The summed E-state index contributed by atoms with van der Waals surface area (Å²) in [5, 5.41) is 3.66. The van der Waals surface area contributed by atoms with Crippen LogP contribution in [0.2, 0.25) is 0 Å². The zero-order valence-corrected chi connectivity index (χ0v) is 14.8. The summed E-state index contributed by atoms with van der Waals surface area (Å²) in [6.07, 6.45) is 23.3. The normalized spacial score (nSPS) is 16.4. The van der Waals surface area contributed by atoms with Crippen molar-refractivity contribution in [2.45, 2.75) is 110 Å². The predicted molar refractivity (Wildman–Crippen MR) is 95.9 cm³/mol. The van der Waals surface area contributed by atoms with Crippen molar-refractivity contribution in [1.82, 2.24) is 5.32 Å². The number of hydrogen-bond acceptors (Lipinski definition) is 1. The van der Waals surface area contributed by atoms with Crippen molar-refractivity contribution in [2.24, 2.45) is 5.92 Å². The van der Waals surface area contributed by atoms with Gasteiger partial charge in [0.25, 0.3) is 0 Å². The third kappa shape index (κ3) is 12.2. The summed E-state index contributed by atoms with van der Waals surface area (Å²) in [6.45, 7) is 4.81. The molecule has 126 valence electrons. The molecule has 0 unspecified atom stereocenters. The first-order chi connectivity index (χ1) is 10.4. The molecule has 0 atom stereocenters. The van der Waals surface area contributed by atoms with Gasteiger partial charge in [-0.3, -0.25) is 0 Å². The zero-order valence-electron chi connectivity index (χ0n) is 14.8. The van der Waals surface area contributed by atoms with Crippen molar-refractivity contribution in [3.05, 3.63) is 0 Å². The van der Waals surface area contributed by atoms with Crippen LogP contribution in [-0.4, -0.2) is 13.1 Å². The Morgan fingerprint density at radius 1 is 0.667 bits per heavy atom. The van der Waals surface area contributed by atoms with E-state index in [9.17, 15) is 0 Å². The van der Waals surface area contributed by atoms with E-state index in [2.05, 4.69) is 12.2 Å². The fourth-order valence-corrected chi connectivity index (χ4v) is 3.64. The third-order valence-corrected chi connectivity index (χ3v) is 5.16. The van der Waals surface area contributed by atoms with Gasteiger partial charge in [-0.15, -0.1) is 0 Å². The van der Waals surface area contributed by atoms with Crippen LogP contribution >= 0.6 is 0 Å². The van der Waals surface area contributed by atoms with Gasteiger partial charge < -0.3 is 5.32 Å². The largest absolute Gasteiger partial charge is 0.317 e. The fourth-order valence-electron chi connectivity index (χ4n) is 3.64. The summed E-state index contributed by atoms with van der Waals surface area (Å²) in [6, 6.07) is 0. The first-order valence-corrected chi connectivity index (χ1v) is 10.1. The molecule has 1 heteroatoms. The number of hydrogen-bond donors (Lipinski definition) is 1. The van der Waals surface area contributed by atoms with Crippen molar-refractivity contribution in [3.8, 4) is 0 Å². The molecule has 0 amide bonds. The summed E-state index contributed by atoms with van der Waals surface area (Å²) in [5.41, 5.74) is 0. The highest BCUT2D eigenvalue weighted by Crippen LogP contribution is 2.25. The maximum Gasteiger partial charge on any atom is -0.00463 e. The Morgan fingerprint density at radius 2 is 1.24 bits per heavy atom. The van der Waals surface area contributed by atoms with Crippen LogP contribution in [0.3, 0.4) is 0 Å². The molecular formula is C20H41N. The topological polar surface area (TPSA) is 12.0 Å². The molecule has 0 aromatic rings. The van der Waals surface area contributed by atoms with Gasteiger partial charge in [0.2, 0.25) is 0 Å². The molecule has 0 spiro atoms. The molecule has 0 heterocycles. The molecule has 0 aromatic heterocycles. The van der Waals surface area contributed by atoms with E-state index in [1.54, 1.807) is 0 Å². The first-order valence-electron chi connectivity index (χ1n) is 10.1. The van der Waals surface area contributed by atoms with Gasteiger partial charge in [-0.1, -0.05) is 96.8 Å². The minimum absolute atomic E-state index is 1.04. The van der Waals surface area contributed by atoms with E-state index in [4.69, 9.17) is 0 Å². The zero-order chi connectivity index (χ0) is 15.0. The van der Waals surface area contributed by atoms with E-state index in [1.807, 2.05) is 0 Å². The smallest absolute Gasteiger partial charge is 0.00463 e. The Bertz CT molecular complexity index is 196. The molecule has 0 aliphatic heterocycles. The van der Waals surface area contributed by atoms with Crippen LogP contribution < -0.4 is 5.32 Å². The lowest BCUT2D eigenvalue weighted by Crippen LogP contribution is -2.20. The van der Waals surface area contributed by atoms with Crippen LogP contribution in [0.5, 0.6) is 0 Å². The van der Waals surface area contributed by atoms with E-state index < -0.39 is 0 Å². The molecule has 1 saturated carbocycles. The quantitative estimate of drug-likeness (QED) is 0.362. The predicted octanol–water partition coefficient (Wildman–Crippen LogP) is 6.47. The molecule has 1 fully saturated rings. The summed E-state index contributed by atoms with van der Waals surface area (Å²) in [7, 11) is 0. The first kappa shape index (κ1) is 19.0. The molecule has 0 bridgehead atoms. The number of rotatable bonds is 14. The number of nitrogens with one attached hydrogen (secondary N) is 1. The van der Waals surface area contributed by atoms with Crippen molar-refractivity contribution in [1.29, 1.82) is 0 Å². The van der Waals surface area contributed by atoms with E-state index in [-0.39, 0.29) is 0 Å². The molecule has 1 rings (SSSR count). The van der Waals surface area contributed by atoms with E-state index in [1.165, 1.54) is 116 Å². The van der Waals surface area contributed by atoms with Gasteiger partial charge in [0.1, 0.15) is 0 Å². The minimum atomic E-state index is 1.04. The van der Waals surface area contributed by atoms with Gasteiger partial charge in [-0.25, -0.2) is 0 Å². The van der Waals surface area contributed by atoms with Gasteiger partial charge in [-0.2, -0.15) is 0 Å².